The van der Waals surface area contributed by atoms with Gasteiger partial charge in [-0.25, -0.2) is 19.7 Å². The van der Waals surface area contributed by atoms with Gasteiger partial charge in [0.25, 0.3) is 0 Å². The minimum atomic E-state index is -1.17. The van der Waals surface area contributed by atoms with Gasteiger partial charge >= 0.3 is 11.7 Å². The summed E-state index contributed by atoms with van der Waals surface area (Å²) in [6.45, 7) is 0.707. The standard InChI is InChI=1S/C19H16N8O4/c20-9-11-1-3-12(4-2-11)16-13(18(28)29)10-24-19(26-16)23-8-7-22-15-6-5-14(27(30)31)17(21)25-15/h1-6,10H,7-8H2,(H,28,29)(H3,21,22,25)(H,23,24,26). The quantitative estimate of drug-likeness (QED) is 0.237. The van der Waals surface area contributed by atoms with Crippen molar-refractivity contribution >= 4 is 29.2 Å². The van der Waals surface area contributed by atoms with Crippen LogP contribution in [0.1, 0.15) is 15.9 Å². The van der Waals surface area contributed by atoms with Crippen LogP contribution in [0.15, 0.2) is 42.6 Å². The number of nitro groups is 1. The number of carboxylic acid groups (broad SMARTS) is 1. The maximum absolute atomic E-state index is 11.5. The number of nitrogens with one attached hydrogen (secondary N) is 2. The average Bonchev–Trinajstić information content (AvgIpc) is 2.76. The predicted octanol–water partition coefficient (Wildman–Crippen LogP) is 2.12. The number of hydrogen-bond donors (Lipinski definition) is 4. The van der Waals surface area contributed by atoms with Gasteiger partial charge in [0.2, 0.25) is 11.8 Å². The van der Waals surface area contributed by atoms with Gasteiger partial charge in [-0.2, -0.15) is 5.26 Å². The number of rotatable bonds is 8. The summed E-state index contributed by atoms with van der Waals surface area (Å²) in [5.74, 6) is -0.787. The van der Waals surface area contributed by atoms with E-state index in [1.807, 2.05) is 6.07 Å². The first kappa shape index (κ1) is 20.9. The number of nitrogen functional groups attached to an aromatic ring is 1. The molecule has 0 aliphatic carbocycles. The molecule has 0 bridgehead atoms. The molecule has 12 heteroatoms. The maximum Gasteiger partial charge on any atom is 0.339 e. The van der Waals surface area contributed by atoms with Crippen LogP contribution < -0.4 is 16.4 Å². The summed E-state index contributed by atoms with van der Waals surface area (Å²) in [6, 6.07) is 11.1. The summed E-state index contributed by atoms with van der Waals surface area (Å²) in [6.07, 6.45) is 1.21. The van der Waals surface area contributed by atoms with E-state index >= 15 is 0 Å². The Labute approximate surface area is 175 Å². The van der Waals surface area contributed by atoms with Crippen molar-refractivity contribution in [3.63, 3.8) is 0 Å². The van der Waals surface area contributed by atoms with Gasteiger partial charge in [-0.1, -0.05) is 12.1 Å². The van der Waals surface area contributed by atoms with Crippen molar-refractivity contribution in [2.75, 3.05) is 29.5 Å². The molecule has 0 atom stereocenters. The second kappa shape index (κ2) is 9.14. The molecule has 2 aromatic heterocycles. The topological polar surface area (TPSA) is 193 Å². The molecule has 31 heavy (non-hydrogen) atoms. The Balaban J connectivity index is 1.68. The maximum atomic E-state index is 11.5. The van der Waals surface area contributed by atoms with Crippen molar-refractivity contribution in [1.29, 1.82) is 5.26 Å². The number of hydrogen-bond acceptors (Lipinski definition) is 10. The molecule has 156 valence electrons. The van der Waals surface area contributed by atoms with Crippen LogP contribution >= 0.6 is 0 Å². The van der Waals surface area contributed by atoms with Crippen molar-refractivity contribution in [2.24, 2.45) is 0 Å². The Morgan fingerprint density at radius 2 is 1.87 bits per heavy atom. The van der Waals surface area contributed by atoms with Gasteiger partial charge in [-0.15, -0.1) is 0 Å². The van der Waals surface area contributed by atoms with Crippen LogP contribution in [0.4, 0.5) is 23.3 Å². The first-order valence-electron chi connectivity index (χ1n) is 8.88. The van der Waals surface area contributed by atoms with E-state index < -0.39 is 10.9 Å². The molecule has 0 spiro atoms. The Morgan fingerprint density at radius 3 is 2.48 bits per heavy atom. The van der Waals surface area contributed by atoms with Gasteiger partial charge in [-0.3, -0.25) is 10.1 Å². The fourth-order valence-corrected chi connectivity index (χ4v) is 2.63. The molecule has 1 aromatic carbocycles. The van der Waals surface area contributed by atoms with E-state index in [1.54, 1.807) is 24.3 Å². The molecule has 12 nitrogen and oxygen atoms in total. The molecule has 0 radical (unpaired) electrons. The Kier molecular flexibility index (Phi) is 6.17. The highest BCUT2D eigenvalue weighted by atomic mass is 16.6. The van der Waals surface area contributed by atoms with Gasteiger partial charge in [0, 0.05) is 30.9 Å². The fraction of sp³-hybridized carbons (Fsp3) is 0.105. The minimum absolute atomic E-state index is 0.0704. The van der Waals surface area contributed by atoms with Crippen LogP contribution in [-0.2, 0) is 0 Å². The summed E-state index contributed by atoms with van der Waals surface area (Å²) in [5.41, 5.74) is 6.40. The molecule has 0 unspecified atom stereocenters. The van der Waals surface area contributed by atoms with E-state index in [0.717, 1.165) is 0 Å². The number of carboxylic acids is 1. The molecule has 0 aliphatic heterocycles. The third-order valence-electron chi connectivity index (χ3n) is 4.12. The molecule has 0 amide bonds. The molecular weight excluding hydrogens is 404 g/mol. The van der Waals surface area contributed by atoms with Gasteiger partial charge in [-0.05, 0) is 18.2 Å². The fourth-order valence-electron chi connectivity index (χ4n) is 2.63. The zero-order valence-electron chi connectivity index (χ0n) is 15.9. The van der Waals surface area contributed by atoms with E-state index in [0.29, 0.717) is 30.0 Å². The van der Waals surface area contributed by atoms with E-state index in [4.69, 9.17) is 11.0 Å². The van der Waals surface area contributed by atoms with Crippen LogP contribution in [0.3, 0.4) is 0 Å². The summed E-state index contributed by atoms with van der Waals surface area (Å²) in [5, 5.41) is 35.0. The lowest BCUT2D eigenvalue weighted by molar-refractivity contribution is -0.384. The second-order valence-corrected chi connectivity index (χ2v) is 6.16. The summed E-state index contributed by atoms with van der Waals surface area (Å²) >= 11 is 0. The van der Waals surface area contributed by atoms with Gasteiger partial charge < -0.3 is 21.5 Å². The Bertz CT molecular complexity index is 1170. The van der Waals surface area contributed by atoms with Crippen LogP contribution in [0.25, 0.3) is 11.3 Å². The number of nitrogens with two attached hydrogens (primary N) is 1. The molecule has 5 N–H and O–H groups in total. The first-order chi connectivity index (χ1) is 14.9. The molecule has 2 heterocycles. The van der Waals surface area contributed by atoms with Crippen LogP contribution in [0.5, 0.6) is 0 Å². The molecule has 0 saturated heterocycles. The lowest BCUT2D eigenvalue weighted by Gasteiger charge is -2.10. The first-order valence-corrected chi connectivity index (χ1v) is 8.88. The number of aromatic nitrogens is 3. The van der Waals surface area contributed by atoms with E-state index in [2.05, 4.69) is 25.6 Å². The third kappa shape index (κ3) is 4.98. The zero-order chi connectivity index (χ0) is 22.4. The zero-order valence-corrected chi connectivity index (χ0v) is 15.9. The van der Waals surface area contributed by atoms with Crippen molar-refractivity contribution in [1.82, 2.24) is 15.0 Å². The molecular formula is C19H16N8O4. The number of nitrogens with zero attached hydrogens (tertiary/aromatic N) is 5. The minimum Gasteiger partial charge on any atom is -0.478 e. The Hall–Kier alpha value is -4.79. The van der Waals surface area contributed by atoms with Gasteiger partial charge in [0.05, 0.1) is 22.2 Å². The highest BCUT2D eigenvalue weighted by Gasteiger charge is 2.16. The second-order valence-electron chi connectivity index (χ2n) is 6.16. The number of benzene rings is 1. The summed E-state index contributed by atoms with van der Waals surface area (Å²) < 4.78 is 0. The van der Waals surface area contributed by atoms with Crippen molar-refractivity contribution < 1.29 is 14.8 Å². The number of nitriles is 1. The SMILES string of the molecule is N#Cc1ccc(-c2nc(NCCNc3ccc([N+](=O)[O-])c(N)n3)ncc2C(=O)O)cc1. The molecule has 3 rings (SSSR count). The largest absolute Gasteiger partial charge is 0.478 e. The smallest absolute Gasteiger partial charge is 0.339 e. The molecule has 0 aliphatic rings. The van der Waals surface area contributed by atoms with Gasteiger partial charge in [0.15, 0.2) is 0 Å². The van der Waals surface area contributed by atoms with Crippen molar-refractivity contribution in [3.05, 3.63) is 63.8 Å². The third-order valence-corrected chi connectivity index (χ3v) is 4.12. The Morgan fingerprint density at radius 1 is 1.16 bits per heavy atom. The number of pyridine rings is 1. The van der Waals surface area contributed by atoms with Gasteiger partial charge in [0.1, 0.15) is 11.4 Å². The average molecular weight is 420 g/mol. The summed E-state index contributed by atoms with van der Waals surface area (Å²) in [7, 11) is 0. The van der Waals surface area contributed by atoms with Crippen LogP contribution in [0, 0.1) is 21.4 Å². The summed E-state index contributed by atoms with van der Waals surface area (Å²) in [4.78, 5) is 33.9. The van der Waals surface area contributed by atoms with Crippen molar-refractivity contribution in [3.8, 4) is 17.3 Å². The van der Waals surface area contributed by atoms with E-state index in [1.165, 1.54) is 18.3 Å². The number of anilines is 3. The normalized spacial score (nSPS) is 10.2. The van der Waals surface area contributed by atoms with E-state index in [-0.39, 0.29) is 28.7 Å². The highest BCUT2D eigenvalue weighted by Crippen LogP contribution is 2.23. The molecule has 3 aromatic rings. The van der Waals surface area contributed by atoms with Crippen molar-refractivity contribution in [2.45, 2.75) is 0 Å². The predicted molar refractivity (Wildman–Crippen MR) is 111 cm³/mol. The van der Waals surface area contributed by atoms with Crippen LogP contribution in [0.2, 0.25) is 0 Å². The lowest BCUT2D eigenvalue weighted by Crippen LogP contribution is -2.17. The lowest BCUT2D eigenvalue weighted by atomic mass is 10.1. The monoisotopic (exact) mass is 420 g/mol. The van der Waals surface area contributed by atoms with E-state index in [9.17, 15) is 20.0 Å². The number of carbonyl (C=O) groups is 1. The number of aromatic carboxylic acids is 1. The highest BCUT2D eigenvalue weighted by molar-refractivity contribution is 5.94. The van der Waals surface area contributed by atoms with Crippen LogP contribution in [-0.4, -0.2) is 44.0 Å². The molecule has 0 fully saturated rings. The molecule has 0 saturated carbocycles.